The molecule has 0 spiro atoms. The average molecular weight is 418 g/mol. The Bertz CT molecular complexity index is 781. The Morgan fingerprint density at radius 2 is 1.79 bits per heavy atom. The van der Waals surface area contributed by atoms with Gasteiger partial charge in [0.25, 0.3) is 0 Å². The standard InChI is InChI=1S/C22H28ClN3O3/c1-2-17-9-11-19(12-10-17)26-22(28)29-14-6-5-13-25-21(27)16-24-15-18-7-3-4-8-20(18)23/h3-4,7-12,24H,2,5-6,13-16H2,1H3,(H,25,27)(H,26,28). The van der Waals surface area contributed by atoms with Crippen molar-refractivity contribution in [2.75, 3.05) is 25.0 Å². The van der Waals surface area contributed by atoms with Crippen molar-refractivity contribution >= 4 is 29.3 Å². The SMILES string of the molecule is CCc1ccc(NC(=O)OCCCCNC(=O)CNCc2ccccc2Cl)cc1. The van der Waals surface area contributed by atoms with Crippen molar-refractivity contribution in [3.8, 4) is 0 Å². The Kier molecular flexibility index (Phi) is 10.0. The fourth-order valence-corrected chi connectivity index (χ4v) is 2.81. The Morgan fingerprint density at radius 3 is 2.52 bits per heavy atom. The molecule has 0 aliphatic rings. The molecule has 0 saturated carbocycles. The van der Waals surface area contributed by atoms with Crippen LogP contribution in [0, 0.1) is 0 Å². The second kappa shape index (κ2) is 12.8. The smallest absolute Gasteiger partial charge is 0.411 e. The summed E-state index contributed by atoms with van der Waals surface area (Å²) in [5, 5.41) is 9.27. The molecule has 7 heteroatoms. The number of hydrogen-bond acceptors (Lipinski definition) is 4. The zero-order chi connectivity index (χ0) is 20.9. The van der Waals surface area contributed by atoms with Gasteiger partial charge >= 0.3 is 6.09 Å². The van der Waals surface area contributed by atoms with Gasteiger partial charge in [0.05, 0.1) is 13.2 Å². The molecule has 0 aromatic heterocycles. The maximum absolute atomic E-state index is 11.8. The average Bonchev–Trinajstić information content (AvgIpc) is 2.72. The van der Waals surface area contributed by atoms with Gasteiger partial charge in [-0.3, -0.25) is 10.1 Å². The Hall–Kier alpha value is -2.57. The van der Waals surface area contributed by atoms with Gasteiger partial charge < -0.3 is 15.4 Å². The molecule has 0 saturated heterocycles. The molecule has 0 fully saturated rings. The van der Waals surface area contributed by atoms with Gasteiger partial charge in [0.2, 0.25) is 5.91 Å². The molecule has 0 atom stereocenters. The van der Waals surface area contributed by atoms with Crippen LogP contribution in [0.3, 0.4) is 0 Å². The lowest BCUT2D eigenvalue weighted by molar-refractivity contribution is -0.120. The number of anilines is 1. The summed E-state index contributed by atoms with van der Waals surface area (Å²) in [7, 11) is 0. The van der Waals surface area contributed by atoms with E-state index in [0.717, 1.165) is 18.4 Å². The number of nitrogens with one attached hydrogen (secondary N) is 3. The van der Waals surface area contributed by atoms with Crippen LogP contribution in [0.5, 0.6) is 0 Å². The van der Waals surface area contributed by atoms with Crippen LogP contribution in [0.15, 0.2) is 48.5 Å². The quantitative estimate of drug-likeness (QED) is 0.480. The lowest BCUT2D eigenvalue weighted by Gasteiger charge is -2.09. The van der Waals surface area contributed by atoms with E-state index >= 15 is 0 Å². The summed E-state index contributed by atoms with van der Waals surface area (Å²) >= 11 is 6.07. The highest BCUT2D eigenvalue weighted by Gasteiger charge is 2.04. The largest absolute Gasteiger partial charge is 0.449 e. The first kappa shape index (κ1) is 22.7. The first-order valence-corrected chi connectivity index (χ1v) is 10.2. The number of benzene rings is 2. The van der Waals surface area contributed by atoms with E-state index < -0.39 is 6.09 Å². The number of ether oxygens (including phenoxy) is 1. The van der Waals surface area contributed by atoms with E-state index in [1.807, 2.05) is 48.5 Å². The molecule has 6 nitrogen and oxygen atoms in total. The van der Waals surface area contributed by atoms with Gasteiger partial charge in [-0.1, -0.05) is 48.9 Å². The Morgan fingerprint density at radius 1 is 1.03 bits per heavy atom. The minimum absolute atomic E-state index is 0.0776. The van der Waals surface area contributed by atoms with Gasteiger partial charge in [-0.2, -0.15) is 0 Å². The van der Waals surface area contributed by atoms with Crippen molar-refractivity contribution in [3.63, 3.8) is 0 Å². The number of hydrogen-bond donors (Lipinski definition) is 3. The monoisotopic (exact) mass is 417 g/mol. The second-order valence-corrected chi connectivity index (χ2v) is 6.97. The number of carbonyl (C=O) groups excluding carboxylic acids is 2. The molecule has 0 bridgehead atoms. The van der Waals surface area contributed by atoms with Crippen LogP contribution in [0.1, 0.15) is 30.9 Å². The van der Waals surface area contributed by atoms with Crippen LogP contribution in [-0.2, 0) is 22.5 Å². The highest BCUT2D eigenvalue weighted by Crippen LogP contribution is 2.14. The molecule has 0 aliphatic carbocycles. The maximum atomic E-state index is 11.8. The van der Waals surface area contributed by atoms with E-state index in [0.29, 0.717) is 36.8 Å². The summed E-state index contributed by atoms with van der Waals surface area (Å²) in [5.74, 6) is -0.0776. The van der Waals surface area contributed by atoms with Crippen LogP contribution in [0.4, 0.5) is 10.5 Å². The van der Waals surface area contributed by atoms with Crippen molar-refractivity contribution in [2.24, 2.45) is 0 Å². The zero-order valence-corrected chi connectivity index (χ0v) is 17.4. The summed E-state index contributed by atoms with van der Waals surface area (Å²) in [4.78, 5) is 23.6. The summed E-state index contributed by atoms with van der Waals surface area (Å²) in [6.45, 7) is 3.68. The lowest BCUT2D eigenvalue weighted by atomic mass is 10.1. The van der Waals surface area contributed by atoms with Crippen LogP contribution in [0.2, 0.25) is 5.02 Å². The van der Waals surface area contributed by atoms with Gasteiger partial charge in [0.1, 0.15) is 0 Å². The third-order valence-electron chi connectivity index (χ3n) is 4.29. The molecule has 156 valence electrons. The molecular weight excluding hydrogens is 390 g/mol. The van der Waals surface area contributed by atoms with Crippen LogP contribution >= 0.6 is 11.6 Å². The highest BCUT2D eigenvalue weighted by atomic mass is 35.5. The van der Waals surface area contributed by atoms with Crippen LogP contribution in [-0.4, -0.2) is 31.7 Å². The fraction of sp³-hybridized carbons (Fsp3) is 0.364. The summed E-state index contributed by atoms with van der Waals surface area (Å²) in [5.41, 5.74) is 2.88. The topological polar surface area (TPSA) is 79.5 Å². The van der Waals surface area contributed by atoms with Crippen molar-refractivity contribution in [2.45, 2.75) is 32.7 Å². The molecule has 2 aromatic carbocycles. The first-order valence-electron chi connectivity index (χ1n) is 9.82. The predicted octanol–water partition coefficient (Wildman–Crippen LogP) is 4.14. The number of halogens is 1. The van der Waals surface area contributed by atoms with Gasteiger partial charge in [0.15, 0.2) is 0 Å². The number of aryl methyl sites for hydroxylation is 1. The van der Waals surface area contributed by atoms with E-state index in [2.05, 4.69) is 22.9 Å². The molecule has 29 heavy (non-hydrogen) atoms. The fourth-order valence-electron chi connectivity index (χ4n) is 2.61. The van der Waals surface area contributed by atoms with Crippen LogP contribution < -0.4 is 16.0 Å². The number of unbranched alkanes of at least 4 members (excludes halogenated alkanes) is 1. The number of carbonyl (C=O) groups is 2. The Balaban J connectivity index is 1.49. The molecule has 0 heterocycles. The highest BCUT2D eigenvalue weighted by molar-refractivity contribution is 6.31. The third-order valence-corrected chi connectivity index (χ3v) is 4.66. The minimum atomic E-state index is -0.470. The molecule has 2 amide bonds. The lowest BCUT2D eigenvalue weighted by Crippen LogP contribution is -2.34. The number of amides is 2. The second-order valence-electron chi connectivity index (χ2n) is 6.56. The summed E-state index contributed by atoms with van der Waals surface area (Å²) in [6, 6.07) is 15.2. The van der Waals surface area contributed by atoms with E-state index in [9.17, 15) is 9.59 Å². The van der Waals surface area contributed by atoms with E-state index in [1.54, 1.807) is 0 Å². The molecular formula is C22H28ClN3O3. The van der Waals surface area contributed by atoms with E-state index in [1.165, 1.54) is 5.56 Å². The third kappa shape index (κ3) is 8.98. The first-order chi connectivity index (χ1) is 14.1. The van der Waals surface area contributed by atoms with Gasteiger partial charge in [-0.25, -0.2) is 4.79 Å². The molecule has 0 unspecified atom stereocenters. The maximum Gasteiger partial charge on any atom is 0.411 e. The minimum Gasteiger partial charge on any atom is -0.449 e. The predicted molar refractivity (Wildman–Crippen MR) is 116 cm³/mol. The normalized spacial score (nSPS) is 10.4. The molecule has 2 rings (SSSR count). The molecule has 3 N–H and O–H groups in total. The zero-order valence-electron chi connectivity index (χ0n) is 16.7. The van der Waals surface area contributed by atoms with Crippen molar-refractivity contribution < 1.29 is 14.3 Å². The molecule has 2 aromatic rings. The van der Waals surface area contributed by atoms with E-state index in [-0.39, 0.29) is 12.5 Å². The van der Waals surface area contributed by atoms with Gasteiger partial charge in [0, 0.05) is 23.8 Å². The van der Waals surface area contributed by atoms with Crippen molar-refractivity contribution in [1.82, 2.24) is 10.6 Å². The summed E-state index contributed by atoms with van der Waals surface area (Å²) < 4.78 is 5.15. The Labute approximate surface area is 177 Å². The van der Waals surface area contributed by atoms with Crippen molar-refractivity contribution in [1.29, 1.82) is 0 Å². The van der Waals surface area contributed by atoms with Crippen LogP contribution in [0.25, 0.3) is 0 Å². The molecule has 0 radical (unpaired) electrons. The van der Waals surface area contributed by atoms with Gasteiger partial charge in [-0.05, 0) is 48.6 Å². The number of rotatable bonds is 11. The molecule has 0 aliphatic heterocycles. The van der Waals surface area contributed by atoms with Crippen molar-refractivity contribution in [3.05, 3.63) is 64.7 Å². The van der Waals surface area contributed by atoms with E-state index in [4.69, 9.17) is 16.3 Å². The summed E-state index contributed by atoms with van der Waals surface area (Å²) in [6.07, 6.45) is 1.89. The van der Waals surface area contributed by atoms with Gasteiger partial charge in [-0.15, -0.1) is 0 Å².